The van der Waals surface area contributed by atoms with E-state index in [2.05, 4.69) is 10.2 Å². The van der Waals surface area contributed by atoms with Crippen LogP contribution in [0.25, 0.3) is 0 Å². The molecule has 1 aliphatic heterocycles. The van der Waals surface area contributed by atoms with Crippen LogP contribution < -0.4 is 15.0 Å². The van der Waals surface area contributed by atoms with E-state index in [1.54, 1.807) is 11.9 Å². The van der Waals surface area contributed by atoms with Gasteiger partial charge in [0.1, 0.15) is 12.4 Å². The van der Waals surface area contributed by atoms with Gasteiger partial charge in [-0.2, -0.15) is 0 Å². The molecule has 0 saturated carbocycles. The zero-order valence-electron chi connectivity index (χ0n) is 15.7. The lowest BCUT2D eigenvalue weighted by Gasteiger charge is -2.29. The molecule has 2 amide bonds. The van der Waals surface area contributed by atoms with Crippen molar-refractivity contribution in [3.63, 3.8) is 0 Å². The molecular weight excluding hydrogens is 362 g/mol. The van der Waals surface area contributed by atoms with Crippen molar-refractivity contribution in [1.82, 2.24) is 4.90 Å². The van der Waals surface area contributed by atoms with Gasteiger partial charge in [-0.05, 0) is 49.6 Å². The summed E-state index contributed by atoms with van der Waals surface area (Å²) < 4.78 is 5.63. The number of carbonyl (C=O) groups excluding carboxylic acids is 1. The predicted octanol–water partition coefficient (Wildman–Crippen LogP) is 4.87. The molecule has 0 radical (unpaired) electrons. The first-order valence-corrected chi connectivity index (χ1v) is 9.76. The van der Waals surface area contributed by atoms with Gasteiger partial charge in [-0.3, -0.25) is 0 Å². The van der Waals surface area contributed by atoms with Gasteiger partial charge in [-0.25, -0.2) is 4.79 Å². The lowest BCUT2D eigenvalue weighted by atomic mass is 10.1. The average molecular weight is 388 g/mol. The molecule has 5 nitrogen and oxygen atoms in total. The summed E-state index contributed by atoms with van der Waals surface area (Å²) >= 11 is 6.45. The maximum absolute atomic E-state index is 12.4. The Kier molecular flexibility index (Phi) is 6.82. The highest BCUT2D eigenvalue weighted by Crippen LogP contribution is 2.30. The van der Waals surface area contributed by atoms with E-state index in [-0.39, 0.29) is 6.03 Å². The Morgan fingerprint density at radius 2 is 1.89 bits per heavy atom. The van der Waals surface area contributed by atoms with Gasteiger partial charge < -0.3 is 19.9 Å². The van der Waals surface area contributed by atoms with Crippen LogP contribution in [0.5, 0.6) is 5.75 Å². The molecule has 0 aliphatic carbocycles. The van der Waals surface area contributed by atoms with Gasteiger partial charge in [0, 0.05) is 25.8 Å². The van der Waals surface area contributed by atoms with Crippen LogP contribution in [-0.4, -0.2) is 44.2 Å². The van der Waals surface area contributed by atoms with Crippen molar-refractivity contribution in [3.05, 3.63) is 53.6 Å². The van der Waals surface area contributed by atoms with Crippen LogP contribution in [0.3, 0.4) is 0 Å². The van der Waals surface area contributed by atoms with Crippen molar-refractivity contribution in [2.45, 2.75) is 19.3 Å². The Morgan fingerprint density at radius 1 is 1.15 bits per heavy atom. The molecule has 1 fully saturated rings. The standard InChI is InChI=1S/C21H26ClN3O2/c1-24(14-15-27-18-8-4-2-5-9-18)21(26)23-17-10-11-20(19(22)16-17)25-12-6-3-7-13-25/h2,4-5,8-11,16H,3,6-7,12-15H2,1H3,(H,23,26). The zero-order valence-corrected chi connectivity index (χ0v) is 16.4. The number of hydrogen-bond acceptors (Lipinski definition) is 3. The van der Waals surface area contributed by atoms with E-state index in [1.807, 2.05) is 48.5 Å². The van der Waals surface area contributed by atoms with Crippen molar-refractivity contribution in [1.29, 1.82) is 0 Å². The molecule has 3 rings (SSSR count). The van der Waals surface area contributed by atoms with Gasteiger partial charge in [-0.15, -0.1) is 0 Å². The number of likely N-dealkylation sites (N-methyl/N-ethyl adjacent to an activating group) is 1. The Morgan fingerprint density at radius 3 is 2.59 bits per heavy atom. The van der Waals surface area contributed by atoms with E-state index in [0.717, 1.165) is 24.5 Å². The second-order valence-corrected chi connectivity index (χ2v) is 7.13. The molecule has 1 heterocycles. The van der Waals surface area contributed by atoms with Gasteiger partial charge in [0.25, 0.3) is 0 Å². The highest BCUT2D eigenvalue weighted by Gasteiger charge is 2.15. The number of piperidine rings is 1. The number of anilines is 2. The number of carbonyl (C=O) groups is 1. The number of nitrogens with one attached hydrogen (secondary N) is 1. The van der Waals surface area contributed by atoms with Gasteiger partial charge >= 0.3 is 6.03 Å². The summed E-state index contributed by atoms with van der Waals surface area (Å²) in [5.74, 6) is 0.798. The molecule has 1 saturated heterocycles. The van der Waals surface area contributed by atoms with E-state index in [1.165, 1.54) is 19.3 Å². The summed E-state index contributed by atoms with van der Waals surface area (Å²) in [6.07, 6.45) is 3.68. The van der Waals surface area contributed by atoms with E-state index in [4.69, 9.17) is 16.3 Å². The first kappa shape index (κ1) is 19.4. The van der Waals surface area contributed by atoms with Crippen LogP contribution in [0.15, 0.2) is 48.5 Å². The Hall–Kier alpha value is -2.40. The number of ether oxygens (including phenoxy) is 1. The van der Waals surface area contributed by atoms with E-state index in [0.29, 0.717) is 23.9 Å². The van der Waals surface area contributed by atoms with Crippen molar-refractivity contribution >= 4 is 29.0 Å². The number of benzene rings is 2. The third kappa shape index (κ3) is 5.54. The second kappa shape index (κ2) is 9.51. The second-order valence-electron chi connectivity index (χ2n) is 6.73. The van der Waals surface area contributed by atoms with Crippen LogP contribution in [0.1, 0.15) is 19.3 Å². The maximum Gasteiger partial charge on any atom is 0.321 e. The zero-order chi connectivity index (χ0) is 19.1. The summed E-state index contributed by atoms with van der Waals surface area (Å²) in [4.78, 5) is 16.3. The minimum absolute atomic E-state index is 0.187. The normalized spacial score (nSPS) is 13.9. The molecule has 1 aliphatic rings. The molecule has 0 aromatic heterocycles. The van der Waals surface area contributed by atoms with Crippen LogP contribution in [0, 0.1) is 0 Å². The molecule has 2 aromatic rings. The smallest absolute Gasteiger partial charge is 0.321 e. The minimum atomic E-state index is -0.187. The fourth-order valence-electron chi connectivity index (χ4n) is 3.11. The number of amides is 2. The Labute approximate surface area is 165 Å². The third-order valence-corrected chi connectivity index (χ3v) is 4.98. The quantitative estimate of drug-likeness (QED) is 0.768. The molecule has 0 bridgehead atoms. The number of para-hydroxylation sites is 1. The number of nitrogens with zero attached hydrogens (tertiary/aromatic N) is 2. The topological polar surface area (TPSA) is 44.8 Å². The summed E-state index contributed by atoms with van der Waals surface area (Å²) in [7, 11) is 1.74. The molecule has 1 N–H and O–H groups in total. The van der Waals surface area contributed by atoms with Crippen molar-refractivity contribution in [3.8, 4) is 5.75 Å². The number of urea groups is 1. The molecule has 27 heavy (non-hydrogen) atoms. The summed E-state index contributed by atoms with van der Waals surface area (Å²) in [5.41, 5.74) is 1.74. The van der Waals surface area contributed by atoms with Crippen LogP contribution in [-0.2, 0) is 0 Å². The molecular formula is C21H26ClN3O2. The van der Waals surface area contributed by atoms with Crippen LogP contribution in [0.4, 0.5) is 16.2 Å². The van der Waals surface area contributed by atoms with E-state index >= 15 is 0 Å². The van der Waals surface area contributed by atoms with Gasteiger partial charge in [-0.1, -0.05) is 29.8 Å². The van der Waals surface area contributed by atoms with Crippen molar-refractivity contribution in [2.75, 3.05) is 43.5 Å². The fourth-order valence-corrected chi connectivity index (χ4v) is 3.41. The Bertz CT molecular complexity index is 748. The number of rotatable bonds is 6. The van der Waals surface area contributed by atoms with Crippen LogP contribution in [0.2, 0.25) is 5.02 Å². The molecule has 0 atom stereocenters. The fraction of sp³-hybridized carbons (Fsp3) is 0.381. The lowest BCUT2D eigenvalue weighted by Crippen LogP contribution is -2.34. The Balaban J connectivity index is 1.50. The molecule has 0 unspecified atom stereocenters. The summed E-state index contributed by atoms with van der Waals surface area (Å²) in [6.45, 7) is 2.99. The third-order valence-electron chi connectivity index (χ3n) is 4.68. The first-order valence-electron chi connectivity index (χ1n) is 9.38. The molecule has 2 aromatic carbocycles. The van der Waals surface area contributed by atoms with Crippen molar-refractivity contribution in [2.24, 2.45) is 0 Å². The van der Waals surface area contributed by atoms with Gasteiger partial charge in [0.15, 0.2) is 0 Å². The van der Waals surface area contributed by atoms with E-state index in [9.17, 15) is 4.79 Å². The van der Waals surface area contributed by atoms with Crippen molar-refractivity contribution < 1.29 is 9.53 Å². The monoisotopic (exact) mass is 387 g/mol. The molecule has 144 valence electrons. The highest BCUT2D eigenvalue weighted by molar-refractivity contribution is 6.33. The van der Waals surface area contributed by atoms with Gasteiger partial charge in [0.05, 0.1) is 17.3 Å². The van der Waals surface area contributed by atoms with Gasteiger partial charge in [0.2, 0.25) is 0 Å². The minimum Gasteiger partial charge on any atom is -0.492 e. The summed E-state index contributed by atoms with van der Waals surface area (Å²) in [5, 5.41) is 3.56. The summed E-state index contributed by atoms with van der Waals surface area (Å²) in [6, 6.07) is 15.1. The lowest BCUT2D eigenvalue weighted by molar-refractivity contribution is 0.207. The number of hydrogen-bond donors (Lipinski definition) is 1. The predicted molar refractivity (Wildman–Crippen MR) is 111 cm³/mol. The van der Waals surface area contributed by atoms with Crippen LogP contribution >= 0.6 is 11.6 Å². The van der Waals surface area contributed by atoms with E-state index < -0.39 is 0 Å². The highest BCUT2D eigenvalue weighted by atomic mass is 35.5. The number of halogens is 1. The average Bonchev–Trinajstić information content (AvgIpc) is 2.69. The first-order chi connectivity index (χ1) is 13.1. The SMILES string of the molecule is CN(CCOc1ccccc1)C(=O)Nc1ccc(N2CCCCC2)c(Cl)c1. The maximum atomic E-state index is 12.4. The largest absolute Gasteiger partial charge is 0.492 e. The molecule has 0 spiro atoms. The molecule has 6 heteroatoms.